The van der Waals surface area contributed by atoms with Crippen molar-refractivity contribution in [2.45, 2.75) is 32.3 Å². The molecule has 1 aliphatic rings. The maximum absolute atomic E-state index is 11.1. The first kappa shape index (κ1) is 10.7. The largest absolute Gasteiger partial charge is 0.376 e. The fraction of sp³-hybridized carbons (Fsp3) is 0.417. The van der Waals surface area contributed by atoms with Gasteiger partial charge in [0, 0.05) is 6.42 Å². The second-order valence-electron chi connectivity index (χ2n) is 3.50. The molecule has 0 amide bonds. The lowest BCUT2D eigenvalue weighted by atomic mass is 9.96. The van der Waals surface area contributed by atoms with E-state index in [1.165, 1.54) is 0 Å². The van der Waals surface area contributed by atoms with Crippen LogP contribution in [0, 0.1) is 12.3 Å². The number of aliphatic hydroxyl groups is 1. The summed E-state index contributed by atoms with van der Waals surface area (Å²) < 4.78 is 0. The molecule has 0 fully saturated rings. The number of aliphatic hydroxyl groups excluding tert-OH is 1. The van der Waals surface area contributed by atoms with Gasteiger partial charge in [-0.2, -0.15) is 0 Å². The van der Waals surface area contributed by atoms with Crippen molar-refractivity contribution in [1.82, 2.24) is 0 Å². The van der Waals surface area contributed by atoms with Gasteiger partial charge in [-0.25, -0.2) is 0 Å². The summed E-state index contributed by atoms with van der Waals surface area (Å²) >= 11 is 0. The molecule has 2 heteroatoms. The summed E-state index contributed by atoms with van der Waals surface area (Å²) in [5, 5.41) is 9.31. The van der Waals surface area contributed by atoms with E-state index in [1.54, 1.807) is 13.0 Å². The summed E-state index contributed by atoms with van der Waals surface area (Å²) in [5.74, 6) is 2.40. The van der Waals surface area contributed by atoms with Crippen LogP contribution in [0.4, 0.5) is 0 Å². The predicted molar refractivity (Wildman–Crippen MR) is 55.5 cm³/mol. The number of rotatable bonds is 2. The molecule has 0 bridgehead atoms. The highest BCUT2D eigenvalue weighted by molar-refractivity contribution is 5.91. The Hall–Kier alpha value is -1.33. The molecule has 0 saturated heterocycles. The van der Waals surface area contributed by atoms with Gasteiger partial charge in [-0.1, -0.05) is 12.0 Å². The van der Waals surface area contributed by atoms with Crippen LogP contribution in [0.1, 0.15) is 26.2 Å². The third-order valence-electron chi connectivity index (χ3n) is 2.24. The molecule has 0 aliphatic heterocycles. The molecule has 0 aromatic rings. The molecule has 74 valence electrons. The predicted octanol–water partition coefficient (Wildman–Crippen LogP) is 1.61. The Morgan fingerprint density at radius 3 is 3.00 bits per heavy atom. The maximum Gasteiger partial charge on any atom is 0.155 e. The second-order valence-corrected chi connectivity index (χ2v) is 3.50. The molecule has 0 spiro atoms. The minimum atomic E-state index is -0.840. The Labute approximate surface area is 84.3 Å². The molecule has 1 unspecified atom stereocenters. The average Bonchev–Trinajstić information content (AvgIpc) is 2.16. The second kappa shape index (κ2) is 4.78. The van der Waals surface area contributed by atoms with Crippen LogP contribution in [0.3, 0.4) is 0 Å². The number of carbonyl (C=O) groups excluding carboxylic acids is 1. The summed E-state index contributed by atoms with van der Waals surface area (Å²) in [4.78, 5) is 11.1. The molecule has 0 heterocycles. The van der Waals surface area contributed by atoms with Crippen LogP contribution >= 0.6 is 0 Å². The van der Waals surface area contributed by atoms with E-state index in [2.05, 4.69) is 5.92 Å². The van der Waals surface area contributed by atoms with Crippen LogP contribution in [-0.2, 0) is 4.79 Å². The van der Waals surface area contributed by atoms with Gasteiger partial charge in [0.25, 0.3) is 0 Å². The van der Waals surface area contributed by atoms with Gasteiger partial charge in [-0.3, -0.25) is 4.79 Å². The summed E-state index contributed by atoms with van der Waals surface area (Å²) in [6, 6.07) is 0. The Morgan fingerprint density at radius 1 is 1.71 bits per heavy atom. The molecule has 0 aromatic carbocycles. The smallest absolute Gasteiger partial charge is 0.155 e. The first-order valence-corrected chi connectivity index (χ1v) is 4.69. The molecule has 14 heavy (non-hydrogen) atoms. The topological polar surface area (TPSA) is 37.3 Å². The van der Waals surface area contributed by atoms with Crippen LogP contribution in [0.5, 0.6) is 0 Å². The third-order valence-corrected chi connectivity index (χ3v) is 2.24. The van der Waals surface area contributed by atoms with Gasteiger partial charge in [-0.15, -0.1) is 6.42 Å². The Bertz CT molecular complexity index is 329. The normalized spacial score (nSPS) is 19.9. The van der Waals surface area contributed by atoms with E-state index >= 15 is 0 Å². The van der Waals surface area contributed by atoms with Crippen molar-refractivity contribution in [3.05, 3.63) is 23.3 Å². The highest BCUT2D eigenvalue weighted by atomic mass is 16.3. The minimum absolute atomic E-state index is 0.158. The molecule has 0 aromatic heterocycles. The van der Waals surface area contributed by atoms with Crippen molar-refractivity contribution in [3.8, 4) is 12.3 Å². The molecular weight excluding hydrogens is 176 g/mol. The van der Waals surface area contributed by atoms with Crippen molar-refractivity contribution in [2.75, 3.05) is 0 Å². The van der Waals surface area contributed by atoms with Crippen molar-refractivity contribution in [3.63, 3.8) is 0 Å². The van der Waals surface area contributed by atoms with E-state index in [9.17, 15) is 9.90 Å². The Kier molecular flexibility index (Phi) is 3.67. The zero-order valence-corrected chi connectivity index (χ0v) is 8.29. The lowest BCUT2D eigenvalue weighted by molar-refractivity contribution is -0.115. The van der Waals surface area contributed by atoms with E-state index in [0.29, 0.717) is 12.0 Å². The van der Waals surface area contributed by atoms with Crippen molar-refractivity contribution >= 4 is 5.78 Å². The lowest BCUT2D eigenvalue weighted by Crippen LogP contribution is -2.06. The monoisotopic (exact) mass is 190 g/mol. The van der Waals surface area contributed by atoms with Gasteiger partial charge in [0.1, 0.15) is 6.10 Å². The number of hydrogen-bond acceptors (Lipinski definition) is 2. The molecule has 0 radical (unpaired) electrons. The van der Waals surface area contributed by atoms with Crippen LogP contribution in [0.15, 0.2) is 23.3 Å². The zero-order valence-electron chi connectivity index (χ0n) is 8.29. The van der Waals surface area contributed by atoms with E-state index in [-0.39, 0.29) is 5.78 Å². The van der Waals surface area contributed by atoms with Crippen LogP contribution in [0.2, 0.25) is 0 Å². The van der Waals surface area contributed by atoms with Gasteiger partial charge >= 0.3 is 0 Å². The highest BCUT2D eigenvalue weighted by Gasteiger charge is 2.09. The SMILES string of the molecule is C#CC(O)/C(C)=C/C1=CC(=O)CCC1. The summed E-state index contributed by atoms with van der Waals surface area (Å²) in [7, 11) is 0. The molecular formula is C12H14O2. The number of terminal acetylenes is 1. The lowest BCUT2D eigenvalue weighted by Gasteiger charge is -2.10. The van der Waals surface area contributed by atoms with E-state index in [1.807, 2.05) is 6.08 Å². The fourth-order valence-corrected chi connectivity index (χ4v) is 1.43. The standard InChI is InChI=1S/C12H14O2/c1-3-12(14)9(2)7-10-5-4-6-11(13)8-10/h1,7-8,12,14H,4-6H2,2H3/b9-7+. The van der Waals surface area contributed by atoms with E-state index in [0.717, 1.165) is 18.4 Å². The van der Waals surface area contributed by atoms with Crippen LogP contribution < -0.4 is 0 Å². The van der Waals surface area contributed by atoms with Gasteiger partial charge in [0.2, 0.25) is 0 Å². The third kappa shape index (κ3) is 2.86. The van der Waals surface area contributed by atoms with Gasteiger partial charge in [0.05, 0.1) is 0 Å². The Balaban J connectivity index is 2.77. The van der Waals surface area contributed by atoms with Crippen LogP contribution in [0.25, 0.3) is 0 Å². The molecule has 1 atom stereocenters. The Morgan fingerprint density at radius 2 is 2.43 bits per heavy atom. The van der Waals surface area contributed by atoms with Gasteiger partial charge < -0.3 is 5.11 Å². The maximum atomic E-state index is 11.1. The first-order chi connectivity index (χ1) is 6.63. The number of allylic oxidation sites excluding steroid dienone is 3. The zero-order chi connectivity index (χ0) is 10.6. The van der Waals surface area contributed by atoms with Crippen molar-refractivity contribution < 1.29 is 9.90 Å². The van der Waals surface area contributed by atoms with Gasteiger partial charge in [0.15, 0.2) is 5.78 Å². The molecule has 1 aliphatic carbocycles. The van der Waals surface area contributed by atoms with E-state index < -0.39 is 6.10 Å². The van der Waals surface area contributed by atoms with E-state index in [4.69, 9.17) is 6.42 Å². The quantitative estimate of drug-likeness (QED) is 0.672. The minimum Gasteiger partial charge on any atom is -0.376 e. The molecule has 1 N–H and O–H groups in total. The van der Waals surface area contributed by atoms with Gasteiger partial charge in [-0.05, 0) is 37.0 Å². The molecule has 2 nitrogen and oxygen atoms in total. The summed E-state index contributed by atoms with van der Waals surface area (Å²) in [6.45, 7) is 1.77. The number of hydrogen-bond donors (Lipinski definition) is 1. The molecule has 1 rings (SSSR count). The molecule has 0 saturated carbocycles. The fourth-order valence-electron chi connectivity index (χ4n) is 1.43. The average molecular weight is 190 g/mol. The van der Waals surface area contributed by atoms with Crippen molar-refractivity contribution in [2.24, 2.45) is 0 Å². The number of carbonyl (C=O) groups is 1. The summed E-state index contributed by atoms with van der Waals surface area (Å²) in [6.07, 6.45) is 10.1. The first-order valence-electron chi connectivity index (χ1n) is 4.69. The number of ketones is 1. The highest BCUT2D eigenvalue weighted by Crippen LogP contribution is 2.18. The van der Waals surface area contributed by atoms with Crippen molar-refractivity contribution in [1.29, 1.82) is 0 Å². The van der Waals surface area contributed by atoms with Crippen LogP contribution in [-0.4, -0.2) is 17.0 Å². The summed E-state index contributed by atoms with van der Waals surface area (Å²) in [5.41, 5.74) is 1.68.